The monoisotopic (exact) mass is 1010 g/mol. The standard InChI is InChI=1S/C77H69N/c1-48-38-41-59-65(44-48)77(67-47-52(73(5,6)7)40-43-61(67)75(59,10)11)57-31-18-16-29-55(57)71-64(77)35-23-37-69(71)78(53-27-21-26-50(45-53)49-24-13-12-14-25-49)68-36-22-34-63-70(68)54-28-15-17-30-56(54)76(63)62-33-20-19-32-58(62)74(8,9)60-42-39-51(46-66(60)76)72(2,3)4/h12-47H,1-11H3. The van der Waals surface area contributed by atoms with Crippen LogP contribution in [-0.4, -0.2) is 0 Å². The van der Waals surface area contributed by atoms with Crippen LogP contribution in [0.25, 0.3) is 33.4 Å². The van der Waals surface area contributed by atoms with Crippen molar-refractivity contribution in [3.05, 3.63) is 302 Å². The van der Waals surface area contributed by atoms with Gasteiger partial charge in [-0.15, -0.1) is 0 Å². The van der Waals surface area contributed by atoms with Crippen LogP contribution in [0.4, 0.5) is 17.1 Å². The fourth-order valence-electron chi connectivity index (χ4n) is 15.2. The lowest BCUT2D eigenvalue weighted by atomic mass is 9.55. The molecule has 0 bridgehead atoms. The molecule has 4 aliphatic carbocycles. The molecule has 78 heavy (non-hydrogen) atoms. The molecule has 14 rings (SSSR count). The molecule has 0 amide bonds. The van der Waals surface area contributed by atoms with E-state index in [4.69, 9.17) is 0 Å². The Bertz CT molecular complexity index is 4130. The maximum atomic E-state index is 2.65. The number of hydrogen-bond donors (Lipinski definition) is 0. The molecule has 0 heterocycles. The average molecular weight is 1010 g/mol. The van der Waals surface area contributed by atoms with Crippen molar-refractivity contribution in [3.8, 4) is 33.4 Å². The number of fused-ring (bicyclic) bond motifs is 18. The molecule has 0 aromatic heterocycles. The molecule has 0 fully saturated rings. The van der Waals surface area contributed by atoms with E-state index in [1.54, 1.807) is 0 Å². The third-order valence-corrected chi connectivity index (χ3v) is 19.0. The first-order valence-corrected chi connectivity index (χ1v) is 28.3. The van der Waals surface area contributed by atoms with Crippen LogP contribution >= 0.6 is 0 Å². The van der Waals surface area contributed by atoms with Crippen molar-refractivity contribution in [2.75, 3.05) is 4.90 Å². The fourth-order valence-corrected chi connectivity index (χ4v) is 15.2. The van der Waals surface area contributed by atoms with Crippen LogP contribution in [0, 0.1) is 6.92 Å². The largest absolute Gasteiger partial charge is 0.309 e. The van der Waals surface area contributed by atoms with Gasteiger partial charge in [-0.3, -0.25) is 0 Å². The summed E-state index contributed by atoms with van der Waals surface area (Å²) < 4.78 is 0. The second-order valence-corrected chi connectivity index (χ2v) is 26.1. The Hall–Kier alpha value is -8.00. The maximum Gasteiger partial charge on any atom is 0.0720 e. The van der Waals surface area contributed by atoms with Gasteiger partial charge in [-0.25, -0.2) is 0 Å². The first-order valence-electron chi connectivity index (χ1n) is 28.3. The molecular formula is C77H69N. The van der Waals surface area contributed by atoms with Gasteiger partial charge in [0, 0.05) is 27.6 Å². The first kappa shape index (κ1) is 48.4. The number of hydrogen-bond acceptors (Lipinski definition) is 1. The molecule has 1 nitrogen and oxygen atoms in total. The number of rotatable bonds is 4. The number of benzene rings is 10. The topological polar surface area (TPSA) is 3.24 Å². The Kier molecular flexibility index (Phi) is 10.2. The van der Waals surface area contributed by atoms with E-state index in [0.29, 0.717) is 0 Å². The van der Waals surface area contributed by atoms with Crippen molar-refractivity contribution in [3.63, 3.8) is 0 Å². The van der Waals surface area contributed by atoms with Crippen LogP contribution in [0.5, 0.6) is 0 Å². The highest BCUT2D eigenvalue weighted by Crippen LogP contribution is 2.67. The van der Waals surface area contributed by atoms with E-state index >= 15 is 0 Å². The van der Waals surface area contributed by atoms with Crippen LogP contribution < -0.4 is 4.90 Å². The van der Waals surface area contributed by atoms with Crippen LogP contribution in [0.1, 0.15) is 153 Å². The number of anilines is 3. The van der Waals surface area contributed by atoms with E-state index in [1.165, 1.54) is 128 Å². The van der Waals surface area contributed by atoms with Gasteiger partial charge in [-0.2, -0.15) is 0 Å². The summed E-state index contributed by atoms with van der Waals surface area (Å²) in [5.74, 6) is 0. The van der Waals surface area contributed by atoms with Crippen molar-refractivity contribution >= 4 is 17.1 Å². The van der Waals surface area contributed by atoms with Gasteiger partial charge in [0.25, 0.3) is 0 Å². The van der Waals surface area contributed by atoms with Gasteiger partial charge >= 0.3 is 0 Å². The molecule has 4 aliphatic rings. The van der Waals surface area contributed by atoms with Crippen molar-refractivity contribution in [2.24, 2.45) is 0 Å². The summed E-state index contributed by atoms with van der Waals surface area (Å²) >= 11 is 0. The highest BCUT2D eigenvalue weighted by molar-refractivity contribution is 6.03. The van der Waals surface area contributed by atoms with Crippen molar-refractivity contribution in [1.29, 1.82) is 0 Å². The molecule has 2 spiro atoms. The molecule has 0 radical (unpaired) electrons. The third kappa shape index (κ3) is 6.42. The summed E-state index contributed by atoms with van der Waals surface area (Å²) in [4.78, 5) is 2.65. The summed E-state index contributed by atoms with van der Waals surface area (Å²) in [5.41, 5.74) is 29.6. The molecule has 2 unspecified atom stereocenters. The lowest BCUT2D eigenvalue weighted by Gasteiger charge is -2.47. The van der Waals surface area contributed by atoms with E-state index in [-0.39, 0.29) is 21.7 Å². The molecular weight excluding hydrogens is 939 g/mol. The summed E-state index contributed by atoms with van der Waals surface area (Å²) in [6, 6.07) is 85.1. The predicted molar refractivity (Wildman–Crippen MR) is 328 cm³/mol. The molecule has 1 heteroatoms. The zero-order valence-corrected chi connectivity index (χ0v) is 47.2. The molecule has 382 valence electrons. The summed E-state index contributed by atoms with van der Waals surface area (Å²) in [6.07, 6.45) is 0. The molecule has 10 aromatic carbocycles. The SMILES string of the molecule is Cc1ccc2c(c1)C1(c3ccccc3-c3c(N(c4cccc(-c5ccccc5)c4)c4cccc5c4-c4ccccc4C54c5ccccc5C(C)(C)c5ccc(C(C)(C)C)cc54)cccc31)c1cc(C(C)(C)C)ccc1C2(C)C. The average Bonchev–Trinajstić information content (AvgIpc) is 4.09. The summed E-state index contributed by atoms with van der Waals surface area (Å²) in [5, 5.41) is 0. The van der Waals surface area contributed by atoms with Gasteiger partial charge in [0.2, 0.25) is 0 Å². The Morgan fingerprint density at radius 2 is 0.705 bits per heavy atom. The van der Waals surface area contributed by atoms with Gasteiger partial charge < -0.3 is 4.90 Å². The smallest absolute Gasteiger partial charge is 0.0720 e. The molecule has 0 saturated heterocycles. The van der Waals surface area contributed by atoms with Crippen molar-refractivity contribution < 1.29 is 0 Å². The zero-order chi connectivity index (χ0) is 53.9. The van der Waals surface area contributed by atoms with Crippen LogP contribution in [0.15, 0.2) is 218 Å². The molecule has 0 saturated carbocycles. The minimum atomic E-state index is -0.588. The zero-order valence-electron chi connectivity index (χ0n) is 47.2. The Morgan fingerprint density at radius 3 is 1.23 bits per heavy atom. The maximum absolute atomic E-state index is 2.65. The van der Waals surface area contributed by atoms with E-state index in [1.807, 2.05) is 0 Å². The molecule has 0 aliphatic heterocycles. The quantitative estimate of drug-likeness (QED) is 0.170. The van der Waals surface area contributed by atoms with E-state index < -0.39 is 10.8 Å². The number of aryl methyl sites for hydroxylation is 1. The lowest BCUT2D eigenvalue weighted by Crippen LogP contribution is -2.41. The normalized spacial score (nSPS) is 18.5. The highest BCUT2D eigenvalue weighted by atomic mass is 15.1. The third-order valence-electron chi connectivity index (χ3n) is 19.0. The van der Waals surface area contributed by atoms with Crippen LogP contribution in [-0.2, 0) is 32.5 Å². The minimum Gasteiger partial charge on any atom is -0.309 e. The van der Waals surface area contributed by atoms with Gasteiger partial charge in [-0.05, 0) is 142 Å². The highest BCUT2D eigenvalue weighted by Gasteiger charge is 2.57. The summed E-state index contributed by atoms with van der Waals surface area (Å²) in [7, 11) is 0. The molecule has 0 N–H and O–H groups in total. The Labute approximate surface area is 463 Å². The molecule has 2 atom stereocenters. The second kappa shape index (κ2) is 16.5. The lowest BCUT2D eigenvalue weighted by molar-refractivity contribution is 0.551. The Balaban J connectivity index is 1.12. The molecule has 10 aromatic rings. The second-order valence-electron chi connectivity index (χ2n) is 26.1. The minimum absolute atomic E-state index is 0.0514. The van der Waals surface area contributed by atoms with E-state index in [9.17, 15) is 0 Å². The fraction of sp³-hybridized carbons (Fsp3) is 0.221. The van der Waals surface area contributed by atoms with Crippen molar-refractivity contribution in [1.82, 2.24) is 0 Å². The summed E-state index contributed by atoms with van der Waals surface area (Å²) in [6.45, 7) is 26.2. The van der Waals surface area contributed by atoms with Crippen LogP contribution in [0.2, 0.25) is 0 Å². The van der Waals surface area contributed by atoms with Gasteiger partial charge in [0.1, 0.15) is 0 Å². The van der Waals surface area contributed by atoms with Gasteiger partial charge in [0.05, 0.1) is 22.2 Å². The number of nitrogens with zero attached hydrogens (tertiary/aromatic N) is 1. The van der Waals surface area contributed by atoms with Crippen LogP contribution in [0.3, 0.4) is 0 Å². The Morgan fingerprint density at radius 1 is 0.308 bits per heavy atom. The predicted octanol–water partition coefficient (Wildman–Crippen LogP) is 19.7. The van der Waals surface area contributed by atoms with E-state index in [2.05, 4.69) is 299 Å². The van der Waals surface area contributed by atoms with Crippen molar-refractivity contribution in [2.45, 2.75) is 109 Å². The van der Waals surface area contributed by atoms with E-state index in [0.717, 1.165) is 5.69 Å². The van der Waals surface area contributed by atoms with Gasteiger partial charge in [-0.1, -0.05) is 269 Å². The first-order chi connectivity index (χ1) is 37.4. The van der Waals surface area contributed by atoms with Gasteiger partial charge in [0.15, 0.2) is 0 Å².